The van der Waals surface area contributed by atoms with Crippen molar-refractivity contribution < 1.29 is 9.53 Å². The van der Waals surface area contributed by atoms with E-state index in [2.05, 4.69) is 20.8 Å². The molecule has 0 atom stereocenters. The number of rotatable bonds is 4. The predicted octanol–water partition coefficient (Wildman–Crippen LogP) is 1.62. The second-order valence-corrected chi connectivity index (χ2v) is 3.57. The average molecular weight is 222 g/mol. The largest absolute Gasteiger partial charge is 0.450 e. The maximum Gasteiger partial charge on any atom is 0.412 e. The maximum atomic E-state index is 11.1. The molecular formula is C10H14N4O2. The van der Waals surface area contributed by atoms with Crippen molar-refractivity contribution >= 4 is 17.7 Å². The molecule has 1 aromatic rings. The molecule has 1 amide bonds. The van der Waals surface area contributed by atoms with E-state index in [1.807, 2.05) is 0 Å². The summed E-state index contributed by atoms with van der Waals surface area (Å²) in [6, 6.07) is 4.01. The zero-order valence-corrected chi connectivity index (χ0v) is 9.06. The van der Waals surface area contributed by atoms with Crippen LogP contribution in [0.4, 0.5) is 16.4 Å². The van der Waals surface area contributed by atoms with E-state index in [0.717, 1.165) is 5.82 Å². The minimum Gasteiger partial charge on any atom is -0.450 e. The summed E-state index contributed by atoms with van der Waals surface area (Å²) in [5.41, 5.74) is 0. The molecule has 1 fully saturated rings. The van der Waals surface area contributed by atoms with E-state index in [9.17, 15) is 4.79 Å². The van der Waals surface area contributed by atoms with Crippen molar-refractivity contribution in [2.24, 2.45) is 0 Å². The molecule has 1 saturated carbocycles. The number of hydrogen-bond donors (Lipinski definition) is 2. The predicted molar refractivity (Wildman–Crippen MR) is 59.3 cm³/mol. The number of amides is 1. The summed E-state index contributed by atoms with van der Waals surface area (Å²) in [7, 11) is 0. The first-order valence-corrected chi connectivity index (χ1v) is 5.32. The number of ether oxygens (including phenoxy) is 1. The molecule has 0 aromatic carbocycles. The molecule has 1 aliphatic carbocycles. The molecule has 1 aliphatic rings. The lowest BCUT2D eigenvalue weighted by molar-refractivity contribution is 0.168. The van der Waals surface area contributed by atoms with Gasteiger partial charge in [0.1, 0.15) is 5.82 Å². The average Bonchev–Trinajstić information content (AvgIpc) is 3.05. The first-order chi connectivity index (χ1) is 7.78. The Kier molecular flexibility index (Phi) is 3.19. The van der Waals surface area contributed by atoms with Crippen LogP contribution in [0.5, 0.6) is 0 Å². The Morgan fingerprint density at radius 2 is 2.12 bits per heavy atom. The highest BCUT2D eigenvalue weighted by Gasteiger charge is 2.21. The number of carbonyl (C=O) groups is 1. The second kappa shape index (κ2) is 4.78. The van der Waals surface area contributed by atoms with Crippen LogP contribution in [0, 0.1) is 0 Å². The van der Waals surface area contributed by atoms with Crippen LogP contribution in [-0.4, -0.2) is 28.9 Å². The standard InChI is InChI=1S/C10H14N4O2/c1-2-16-10(15)12-9-6-5-8(13-14-9)11-7-3-4-7/h5-7H,2-4H2,1H3,(H,11,13)(H,12,14,15). The van der Waals surface area contributed by atoms with Crippen molar-refractivity contribution in [2.45, 2.75) is 25.8 Å². The van der Waals surface area contributed by atoms with Gasteiger partial charge in [-0.3, -0.25) is 5.32 Å². The summed E-state index contributed by atoms with van der Waals surface area (Å²) < 4.78 is 4.72. The Labute approximate surface area is 93.4 Å². The summed E-state index contributed by atoms with van der Waals surface area (Å²) >= 11 is 0. The first kappa shape index (κ1) is 10.7. The van der Waals surface area contributed by atoms with E-state index in [1.165, 1.54) is 12.8 Å². The number of nitrogens with zero attached hydrogens (tertiary/aromatic N) is 2. The van der Waals surface area contributed by atoms with Gasteiger partial charge in [-0.2, -0.15) is 0 Å². The Morgan fingerprint density at radius 1 is 1.44 bits per heavy atom. The minimum atomic E-state index is -0.514. The quantitative estimate of drug-likeness (QED) is 0.809. The van der Waals surface area contributed by atoms with Crippen molar-refractivity contribution in [1.82, 2.24) is 10.2 Å². The van der Waals surface area contributed by atoms with Crippen molar-refractivity contribution in [3.63, 3.8) is 0 Å². The van der Waals surface area contributed by atoms with Crippen LogP contribution in [0.25, 0.3) is 0 Å². The van der Waals surface area contributed by atoms with E-state index < -0.39 is 6.09 Å². The minimum absolute atomic E-state index is 0.334. The van der Waals surface area contributed by atoms with Gasteiger partial charge in [-0.05, 0) is 31.9 Å². The van der Waals surface area contributed by atoms with Crippen LogP contribution < -0.4 is 10.6 Å². The molecular weight excluding hydrogens is 208 g/mol. The third-order valence-corrected chi connectivity index (χ3v) is 2.10. The van der Waals surface area contributed by atoms with Crippen molar-refractivity contribution in [3.05, 3.63) is 12.1 Å². The van der Waals surface area contributed by atoms with Crippen LogP contribution in [0.1, 0.15) is 19.8 Å². The monoisotopic (exact) mass is 222 g/mol. The third kappa shape index (κ3) is 3.08. The summed E-state index contributed by atoms with van der Waals surface area (Å²) in [5.74, 6) is 1.12. The van der Waals surface area contributed by atoms with Crippen LogP contribution in [0.3, 0.4) is 0 Å². The van der Waals surface area contributed by atoms with Crippen molar-refractivity contribution in [3.8, 4) is 0 Å². The molecule has 0 saturated heterocycles. The molecule has 6 heteroatoms. The lowest BCUT2D eigenvalue weighted by Gasteiger charge is -2.05. The molecule has 0 radical (unpaired) electrons. The lowest BCUT2D eigenvalue weighted by Crippen LogP contribution is -2.15. The van der Waals surface area contributed by atoms with E-state index in [1.54, 1.807) is 19.1 Å². The fraction of sp³-hybridized carbons (Fsp3) is 0.500. The molecule has 1 aromatic heterocycles. The summed E-state index contributed by atoms with van der Waals surface area (Å²) in [4.78, 5) is 11.1. The number of hydrogen-bond acceptors (Lipinski definition) is 5. The Morgan fingerprint density at radius 3 is 2.69 bits per heavy atom. The lowest BCUT2D eigenvalue weighted by atomic mass is 10.5. The van der Waals surface area contributed by atoms with Gasteiger partial charge in [-0.15, -0.1) is 10.2 Å². The van der Waals surface area contributed by atoms with E-state index in [4.69, 9.17) is 4.74 Å². The fourth-order valence-electron chi connectivity index (χ4n) is 1.18. The van der Waals surface area contributed by atoms with Gasteiger partial charge in [0, 0.05) is 6.04 Å². The van der Waals surface area contributed by atoms with Gasteiger partial charge in [0.15, 0.2) is 5.82 Å². The van der Waals surface area contributed by atoms with E-state index in [0.29, 0.717) is 18.5 Å². The van der Waals surface area contributed by atoms with Gasteiger partial charge in [0.2, 0.25) is 0 Å². The van der Waals surface area contributed by atoms with E-state index >= 15 is 0 Å². The Balaban J connectivity index is 1.87. The van der Waals surface area contributed by atoms with Crippen molar-refractivity contribution in [1.29, 1.82) is 0 Å². The van der Waals surface area contributed by atoms with Gasteiger partial charge in [-0.25, -0.2) is 4.79 Å². The molecule has 1 heterocycles. The van der Waals surface area contributed by atoms with Crippen LogP contribution in [0.2, 0.25) is 0 Å². The van der Waals surface area contributed by atoms with Crippen LogP contribution in [-0.2, 0) is 4.74 Å². The molecule has 2 N–H and O–H groups in total. The molecule has 0 spiro atoms. The normalized spacial score (nSPS) is 14.3. The Hall–Kier alpha value is -1.85. The zero-order valence-electron chi connectivity index (χ0n) is 9.06. The SMILES string of the molecule is CCOC(=O)Nc1ccc(NC2CC2)nn1. The van der Waals surface area contributed by atoms with Gasteiger partial charge in [0.25, 0.3) is 0 Å². The number of aromatic nitrogens is 2. The number of nitrogens with one attached hydrogen (secondary N) is 2. The summed E-state index contributed by atoms with van der Waals surface area (Å²) in [6.07, 6.45) is 1.86. The van der Waals surface area contributed by atoms with Crippen LogP contribution >= 0.6 is 0 Å². The van der Waals surface area contributed by atoms with Gasteiger partial charge < -0.3 is 10.1 Å². The number of carbonyl (C=O) groups excluding carboxylic acids is 1. The zero-order chi connectivity index (χ0) is 11.4. The molecule has 86 valence electrons. The molecule has 0 aliphatic heterocycles. The second-order valence-electron chi connectivity index (χ2n) is 3.57. The van der Waals surface area contributed by atoms with Crippen molar-refractivity contribution in [2.75, 3.05) is 17.2 Å². The van der Waals surface area contributed by atoms with Gasteiger partial charge in [-0.1, -0.05) is 0 Å². The maximum absolute atomic E-state index is 11.1. The summed E-state index contributed by atoms with van der Waals surface area (Å²) in [6.45, 7) is 2.08. The topological polar surface area (TPSA) is 76.1 Å². The van der Waals surface area contributed by atoms with E-state index in [-0.39, 0.29) is 0 Å². The fourth-order valence-corrected chi connectivity index (χ4v) is 1.18. The highest BCUT2D eigenvalue weighted by Crippen LogP contribution is 2.23. The molecule has 0 bridgehead atoms. The van der Waals surface area contributed by atoms with Crippen LogP contribution in [0.15, 0.2) is 12.1 Å². The molecule has 16 heavy (non-hydrogen) atoms. The highest BCUT2D eigenvalue weighted by atomic mass is 16.5. The molecule has 6 nitrogen and oxygen atoms in total. The van der Waals surface area contributed by atoms with Gasteiger partial charge >= 0.3 is 6.09 Å². The third-order valence-electron chi connectivity index (χ3n) is 2.10. The number of anilines is 2. The molecule has 0 unspecified atom stereocenters. The first-order valence-electron chi connectivity index (χ1n) is 5.32. The van der Waals surface area contributed by atoms with Gasteiger partial charge in [0.05, 0.1) is 6.61 Å². The molecule has 2 rings (SSSR count). The Bertz CT molecular complexity index is 362. The highest BCUT2D eigenvalue weighted by molar-refractivity contribution is 5.83. The smallest absolute Gasteiger partial charge is 0.412 e. The summed E-state index contributed by atoms with van der Waals surface area (Å²) in [5, 5.41) is 13.5.